The number of hydrogen-bond acceptors (Lipinski definition) is 4. The van der Waals surface area contributed by atoms with Crippen LogP contribution in [0.25, 0.3) is 0 Å². The van der Waals surface area contributed by atoms with Crippen LogP contribution in [0.5, 0.6) is 0 Å². The quantitative estimate of drug-likeness (QED) is 0.661. The van der Waals surface area contributed by atoms with Crippen molar-refractivity contribution in [3.05, 3.63) is 29.8 Å². The molecule has 0 unspecified atom stereocenters. The molecule has 118 valence electrons. The minimum atomic E-state index is -0.502. The lowest BCUT2D eigenvalue weighted by Gasteiger charge is -2.19. The Bertz CT molecular complexity index is 448. The first-order valence-electron chi connectivity index (χ1n) is 7.13. The second-order valence-electron chi connectivity index (χ2n) is 5.21. The van der Waals surface area contributed by atoms with Crippen LogP contribution in [-0.2, 0) is 9.53 Å². The molecule has 5 nitrogen and oxygen atoms in total. The van der Waals surface area contributed by atoms with Crippen molar-refractivity contribution in [1.82, 2.24) is 5.32 Å². The van der Waals surface area contributed by atoms with Gasteiger partial charge in [0.2, 0.25) is 0 Å². The lowest BCUT2D eigenvalue weighted by molar-refractivity contribution is -0.154. The van der Waals surface area contributed by atoms with Crippen LogP contribution < -0.4 is 11.1 Å². The Hall–Kier alpha value is -2.04. The molecule has 0 aliphatic carbocycles. The summed E-state index contributed by atoms with van der Waals surface area (Å²) in [6, 6.07) is 6.59. The molecule has 1 aromatic rings. The van der Waals surface area contributed by atoms with Gasteiger partial charge in [-0.25, -0.2) is 0 Å². The third kappa shape index (κ3) is 8.68. The maximum absolute atomic E-state index is 11.7. The number of hydrogen-bond donors (Lipinski definition) is 2. The number of carbonyl (C=O) groups is 2. The summed E-state index contributed by atoms with van der Waals surface area (Å²) >= 11 is 0. The zero-order valence-electron chi connectivity index (χ0n) is 13.5. The van der Waals surface area contributed by atoms with E-state index in [0.29, 0.717) is 11.3 Å². The topological polar surface area (TPSA) is 81.4 Å². The highest BCUT2D eigenvalue weighted by Gasteiger charge is 2.16. The van der Waals surface area contributed by atoms with E-state index in [2.05, 4.69) is 5.32 Å². The van der Waals surface area contributed by atoms with Crippen molar-refractivity contribution < 1.29 is 14.3 Å². The Balaban J connectivity index is 0.00000191. The lowest BCUT2D eigenvalue weighted by Crippen LogP contribution is -2.29. The molecule has 0 atom stereocenters. The smallest absolute Gasteiger partial charge is 0.308 e. The summed E-state index contributed by atoms with van der Waals surface area (Å²) in [5, 5.41) is 2.65. The molecule has 1 rings (SSSR count). The predicted octanol–water partition coefficient (Wildman–Crippen LogP) is 2.76. The minimum absolute atomic E-state index is 0.151. The number of benzene rings is 1. The van der Waals surface area contributed by atoms with Gasteiger partial charge < -0.3 is 15.8 Å². The second kappa shape index (κ2) is 9.00. The zero-order chi connectivity index (χ0) is 16.5. The fourth-order valence-electron chi connectivity index (χ4n) is 1.41. The molecular formula is C16H26N2O3. The summed E-state index contributed by atoms with van der Waals surface area (Å²) in [5.74, 6) is -0.561. The average molecular weight is 294 g/mol. The molecular weight excluding hydrogens is 268 g/mol. The molecule has 21 heavy (non-hydrogen) atoms. The van der Waals surface area contributed by atoms with Gasteiger partial charge in [-0.2, -0.15) is 0 Å². The molecule has 0 heterocycles. The van der Waals surface area contributed by atoms with Crippen LogP contribution in [-0.4, -0.2) is 24.0 Å². The van der Waals surface area contributed by atoms with E-state index < -0.39 is 5.60 Å². The monoisotopic (exact) mass is 294 g/mol. The van der Waals surface area contributed by atoms with Crippen molar-refractivity contribution in [2.45, 2.75) is 46.6 Å². The summed E-state index contributed by atoms with van der Waals surface area (Å²) in [6.45, 7) is 9.66. The third-order valence-corrected chi connectivity index (χ3v) is 2.21. The van der Waals surface area contributed by atoms with E-state index in [1.54, 1.807) is 45.0 Å². The van der Waals surface area contributed by atoms with Gasteiger partial charge in [-0.05, 0) is 45.0 Å². The number of amides is 1. The summed E-state index contributed by atoms with van der Waals surface area (Å²) in [5.41, 5.74) is 6.15. The second-order valence-corrected chi connectivity index (χ2v) is 5.21. The van der Waals surface area contributed by atoms with E-state index in [-0.39, 0.29) is 24.8 Å². The zero-order valence-corrected chi connectivity index (χ0v) is 13.5. The number of anilines is 1. The standard InChI is InChI=1S/C14H20N2O3.C2H6/c1-14(2,3)19-12(17)8-9-16-13(18)10-4-6-11(15)7-5-10;1-2/h4-7H,8-9,15H2,1-3H3,(H,16,18);1-2H3. The molecule has 5 heteroatoms. The summed E-state index contributed by atoms with van der Waals surface area (Å²) in [6.07, 6.45) is 0.151. The molecule has 0 saturated carbocycles. The summed E-state index contributed by atoms with van der Waals surface area (Å²) in [7, 11) is 0. The maximum atomic E-state index is 11.7. The van der Waals surface area contributed by atoms with Gasteiger partial charge in [0.05, 0.1) is 6.42 Å². The van der Waals surface area contributed by atoms with Crippen molar-refractivity contribution >= 4 is 17.6 Å². The van der Waals surface area contributed by atoms with E-state index in [0.717, 1.165) is 0 Å². The number of nitrogen functional groups attached to an aromatic ring is 1. The molecule has 0 aromatic heterocycles. The van der Waals surface area contributed by atoms with Crippen LogP contribution >= 0.6 is 0 Å². The maximum Gasteiger partial charge on any atom is 0.308 e. The summed E-state index contributed by atoms with van der Waals surface area (Å²) < 4.78 is 5.13. The van der Waals surface area contributed by atoms with Gasteiger partial charge in [-0.3, -0.25) is 9.59 Å². The average Bonchev–Trinajstić information content (AvgIpc) is 2.39. The van der Waals surface area contributed by atoms with Crippen LogP contribution in [0.15, 0.2) is 24.3 Å². The van der Waals surface area contributed by atoms with Gasteiger partial charge in [0.25, 0.3) is 5.91 Å². The van der Waals surface area contributed by atoms with Crippen molar-refractivity contribution in [3.8, 4) is 0 Å². The fraction of sp³-hybridized carbons (Fsp3) is 0.500. The van der Waals surface area contributed by atoms with E-state index >= 15 is 0 Å². The van der Waals surface area contributed by atoms with E-state index in [1.807, 2.05) is 13.8 Å². The molecule has 1 amide bonds. The summed E-state index contributed by atoms with van der Waals surface area (Å²) in [4.78, 5) is 23.1. The molecule has 0 fully saturated rings. The lowest BCUT2D eigenvalue weighted by atomic mass is 10.2. The SMILES string of the molecule is CC.CC(C)(C)OC(=O)CCNC(=O)c1ccc(N)cc1. The highest BCUT2D eigenvalue weighted by molar-refractivity contribution is 5.94. The molecule has 0 aliphatic heterocycles. The molecule has 0 radical (unpaired) electrons. The van der Waals surface area contributed by atoms with Crippen molar-refractivity contribution in [2.24, 2.45) is 0 Å². The number of rotatable bonds is 4. The van der Waals surface area contributed by atoms with Gasteiger partial charge in [0.15, 0.2) is 0 Å². The highest BCUT2D eigenvalue weighted by Crippen LogP contribution is 2.08. The highest BCUT2D eigenvalue weighted by atomic mass is 16.6. The molecule has 0 saturated heterocycles. The normalized spacial score (nSPS) is 10.1. The fourth-order valence-corrected chi connectivity index (χ4v) is 1.41. The van der Waals surface area contributed by atoms with Crippen molar-refractivity contribution in [3.63, 3.8) is 0 Å². The van der Waals surface area contributed by atoms with Gasteiger partial charge in [0.1, 0.15) is 5.60 Å². The minimum Gasteiger partial charge on any atom is -0.460 e. The van der Waals surface area contributed by atoms with Gasteiger partial charge in [-0.15, -0.1) is 0 Å². The van der Waals surface area contributed by atoms with E-state index in [1.165, 1.54) is 0 Å². The molecule has 3 N–H and O–H groups in total. The van der Waals surface area contributed by atoms with Crippen LogP contribution in [0.4, 0.5) is 5.69 Å². The number of nitrogens with two attached hydrogens (primary N) is 1. The Morgan fingerprint density at radius 2 is 1.67 bits per heavy atom. The predicted molar refractivity (Wildman–Crippen MR) is 85.0 cm³/mol. The van der Waals surface area contributed by atoms with Crippen LogP contribution in [0.1, 0.15) is 51.4 Å². The van der Waals surface area contributed by atoms with Gasteiger partial charge in [0, 0.05) is 17.8 Å². The Morgan fingerprint density at radius 3 is 2.14 bits per heavy atom. The molecule has 0 aliphatic rings. The number of esters is 1. The van der Waals surface area contributed by atoms with Crippen LogP contribution in [0.2, 0.25) is 0 Å². The first kappa shape index (κ1) is 19.0. The van der Waals surface area contributed by atoms with Crippen molar-refractivity contribution in [2.75, 3.05) is 12.3 Å². The van der Waals surface area contributed by atoms with Gasteiger partial charge in [-0.1, -0.05) is 13.8 Å². The Labute approximate surface area is 126 Å². The molecule has 0 bridgehead atoms. The largest absolute Gasteiger partial charge is 0.460 e. The molecule has 0 spiro atoms. The van der Waals surface area contributed by atoms with Crippen LogP contribution in [0, 0.1) is 0 Å². The Morgan fingerprint density at radius 1 is 1.14 bits per heavy atom. The number of carbonyl (C=O) groups excluding carboxylic acids is 2. The molecule has 1 aromatic carbocycles. The van der Waals surface area contributed by atoms with Crippen molar-refractivity contribution in [1.29, 1.82) is 0 Å². The first-order chi connectivity index (χ1) is 9.78. The Kier molecular flexibility index (Phi) is 8.12. The number of nitrogens with one attached hydrogen (secondary N) is 1. The third-order valence-electron chi connectivity index (χ3n) is 2.21. The van der Waals surface area contributed by atoms with E-state index in [9.17, 15) is 9.59 Å². The van der Waals surface area contributed by atoms with E-state index in [4.69, 9.17) is 10.5 Å². The first-order valence-corrected chi connectivity index (χ1v) is 7.13. The van der Waals surface area contributed by atoms with Crippen LogP contribution in [0.3, 0.4) is 0 Å². The number of ether oxygens (including phenoxy) is 1. The van der Waals surface area contributed by atoms with Gasteiger partial charge >= 0.3 is 5.97 Å².